The zero-order chi connectivity index (χ0) is 15.5. The van der Waals surface area contributed by atoms with Gasteiger partial charge < -0.3 is 0 Å². The van der Waals surface area contributed by atoms with Gasteiger partial charge in [0.1, 0.15) is 0 Å². The number of hydroxylamine groups is 2. The number of hydrogen-bond donors (Lipinski definition) is 1. The maximum Gasteiger partial charge on any atom is 0.279 e. The van der Waals surface area contributed by atoms with Gasteiger partial charge >= 0.3 is 0 Å². The molecule has 110 valence electrons. The lowest BCUT2D eigenvalue weighted by molar-refractivity contribution is -0.114. The van der Waals surface area contributed by atoms with E-state index in [0.717, 1.165) is 21.4 Å². The van der Waals surface area contributed by atoms with Crippen molar-refractivity contribution in [3.63, 3.8) is 0 Å². The van der Waals surface area contributed by atoms with Crippen molar-refractivity contribution in [3.8, 4) is 0 Å². The van der Waals surface area contributed by atoms with Gasteiger partial charge in [0, 0.05) is 11.4 Å². The minimum absolute atomic E-state index is 0.312. The molecule has 2 aromatic carbocycles. The summed E-state index contributed by atoms with van der Waals surface area (Å²) in [5.41, 5.74) is 2.43. The van der Waals surface area contributed by atoms with Gasteiger partial charge in [-0.25, -0.2) is 4.99 Å². The van der Waals surface area contributed by atoms with Crippen molar-refractivity contribution in [2.24, 2.45) is 4.99 Å². The molecule has 1 aliphatic rings. The number of carbonyl (C=O) groups excluding carboxylic acids is 1. The molecule has 0 saturated heterocycles. The van der Waals surface area contributed by atoms with Crippen LogP contribution in [0.4, 0.5) is 0 Å². The lowest BCUT2D eigenvalue weighted by Gasteiger charge is -2.13. The van der Waals surface area contributed by atoms with Gasteiger partial charge in [0.05, 0.1) is 17.5 Å². The summed E-state index contributed by atoms with van der Waals surface area (Å²) in [7, 11) is 0. The average Bonchev–Trinajstić information content (AvgIpc) is 2.49. The molecule has 0 spiro atoms. The third-order valence-corrected chi connectivity index (χ3v) is 3.44. The van der Waals surface area contributed by atoms with Crippen LogP contribution in [0.1, 0.15) is 11.1 Å². The number of nitrogens with zero attached hydrogens (tertiary/aromatic N) is 2. The number of amides is 1. The van der Waals surface area contributed by atoms with E-state index < -0.39 is 0 Å². The first-order chi connectivity index (χ1) is 10.6. The molecule has 4 heteroatoms. The smallest absolute Gasteiger partial charge is 0.279 e. The zero-order valence-corrected chi connectivity index (χ0v) is 12.2. The standard InChI is InChI=1S/C18H16N2O2/c1-13-7-8-17-15(9-13)10-16(18(21)19-17)12-20(22)11-14-5-3-2-4-6-14/h2-10,12,22H,11H2,1H3/b16-12+. The van der Waals surface area contributed by atoms with E-state index in [1.807, 2.05) is 55.5 Å². The van der Waals surface area contributed by atoms with Crippen molar-refractivity contribution in [3.05, 3.63) is 82.0 Å². The van der Waals surface area contributed by atoms with Crippen molar-refractivity contribution in [1.82, 2.24) is 5.06 Å². The molecular formula is C18H16N2O2. The SMILES string of the molecule is Cc1ccc2c(c1)=C/C(=C\N(O)Cc1ccccc1)C(=O)N=2. The first-order valence-corrected chi connectivity index (χ1v) is 7.04. The van der Waals surface area contributed by atoms with Crippen molar-refractivity contribution in [1.29, 1.82) is 0 Å². The van der Waals surface area contributed by atoms with Crippen LogP contribution in [0.5, 0.6) is 0 Å². The number of benzene rings is 2. The highest BCUT2D eigenvalue weighted by atomic mass is 16.5. The van der Waals surface area contributed by atoms with E-state index >= 15 is 0 Å². The molecule has 1 amide bonds. The summed E-state index contributed by atoms with van der Waals surface area (Å²) in [6, 6.07) is 15.3. The molecular weight excluding hydrogens is 276 g/mol. The maximum absolute atomic E-state index is 12.0. The van der Waals surface area contributed by atoms with Crippen LogP contribution in [0.2, 0.25) is 0 Å². The fourth-order valence-corrected chi connectivity index (χ4v) is 2.36. The van der Waals surface area contributed by atoms with Gasteiger partial charge in [-0.15, -0.1) is 0 Å². The summed E-state index contributed by atoms with van der Waals surface area (Å²) in [4.78, 5) is 16.1. The number of fused-ring (bicyclic) bond motifs is 1. The molecule has 0 aliphatic carbocycles. The lowest BCUT2D eigenvalue weighted by atomic mass is 10.1. The van der Waals surface area contributed by atoms with E-state index in [1.165, 1.54) is 6.20 Å². The Kier molecular flexibility index (Phi) is 3.85. The van der Waals surface area contributed by atoms with Gasteiger partial charge in [0.25, 0.3) is 5.91 Å². The van der Waals surface area contributed by atoms with Crippen LogP contribution in [0, 0.1) is 6.92 Å². The number of rotatable bonds is 3. The second kappa shape index (κ2) is 5.95. The van der Waals surface area contributed by atoms with Crippen LogP contribution < -0.4 is 10.6 Å². The van der Waals surface area contributed by atoms with Gasteiger partial charge in [-0.1, -0.05) is 42.0 Å². The van der Waals surface area contributed by atoms with Gasteiger partial charge in [0.15, 0.2) is 0 Å². The third-order valence-electron chi connectivity index (χ3n) is 3.44. The summed E-state index contributed by atoms with van der Waals surface area (Å²) < 4.78 is 0. The van der Waals surface area contributed by atoms with Crippen LogP contribution in [-0.2, 0) is 11.3 Å². The molecule has 1 heterocycles. The van der Waals surface area contributed by atoms with E-state index in [0.29, 0.717) is 17.5 Å². The molecule has 3 rings (SSSR count). The van der Waals surface area contributed by atoms with E-state index in [9.17, 15) is 10.0 Å². The molecule has 0 saturated carbocycles. The zero-order valence-electron chi connectivity index (χ0n) is 12.2. The monoisotopic (exact) mass is 292 g/mol. The fraction of sp³-hybridized carbons (Fsp3) is 0.111. The molecule has 4 nitrogen and oxygen atoms in total. The summed E-state index contributed by atoms with van der Waals surface area (Å²) in [6.45, 7) is 2.30. The third kappa shape index (κ3) is 3.13. The predicted molar refractivity (Wildman–Crippen MR) is 83.3 cm³/mol. The molecule has 0 fully saturated rings. The predicted octanol–water partition coefficient (Wildman–Crippen LogP) is 1.71. The molecule has 2 aromatic rings. The lowest BCUT2D eigenvalue weighted by Crippen LogP contribution is -2.31. The second-order valence-electron chi connectivity index (χ2n) is 5.29. The molecule has 0 radical (unpaired) electrons. The Bertz CT molecular complexity index is 854. The van der Waals surface area contributed by atoms with Gasteiger partial charge in [-0.05, 0) is 30.7 Å². The second-order valence-corrected chi connectivity index (χ2v) is 5.29. The molecule has 0 bridgehead atoms. The first-order valence-electron chi connectivity index (χ1n) is 7.04. The van der Waals surface area contributed by atoms with Crippen molar-refractivity contribution >= 4 is 12.0 Å². The largest absolute Gasteiger partial charge is 0.289 e. The highest BCUT2D eigenvalue weighted by molar-refractivity contribution is 6.02. The van der Waals surface area contributed by atoms with Crippen LogP contribution in [0.25, 0.3) is 6.08 Å². The molecule has 0 atom stereocenters. The van der Waals surface area contributed by atoms with Crippen LogP contribution in [0.3, 0.4) is 0 Å². The Hall–Kier alpha value is -2.72. The molecule has 1 aliphatic heterocycles. The van der Waals surface area contributed by atoms with Crippen LogP contribution in [0.15, 0.2) is 65.3 Å². The molecule has 1 N–H and O–H groups in total. The molecule has 0 unspecified atom stereocenters. The average molecular weight is 292 g/mol. The summed E-state index contributed by atoms with van der Waals surface area (Å²) in [5, 5.41) is 12.6. The molecule has 22 heavy (non-hydrogen) atoms. The van der Waals surface area contributed by atoms with Crippen LogP contribution >= 0.6 is 0 Å². The normalized spacial score (nSPS) is 15.0. The number of hydrogen-bond acceptors (Lipinski definition) is 3. The number of carbonyl (C=O) groups is 1. The Morgan fingerprint density at radius 2 is 1.95 bits per heavy atom. The van der Waals surface area contributed by atoms with E-state index in [2.05, 4.69) is 4.99 Å². The summed E-state index contributed by atoms with van der Waals surface area (Å²) in [6.07, 6.45) is 3.18. The Balaban J connectivity index is 1.89. The van der Waals surface area contributed by atoms with Gasteiger partial charge in [0.2, 0.25) is 0 Å². The fourth-order valence-electron chi connectivity index (χ4n) is 2.36. The highest BCUT2D eigenvalue weighted by Gasteiger charge is 2.11. The van der Waals surface area contributed by atoms with Gasteiger partial charge in [-0.3, -0.25) is 15.1 Å². The van der Waals surface area contributed by atoms with Crippen LogP contribution in [-0.4, -0.2) is 16.2 Å². The van der Waals surface area contributed by atoms with E-state index in [4.69, 9.17) is 0 Å². The van der Waals surface area contributed by atoms with Crippen molar-refractivity contribution in [2.75, 3.05) is 0 Å². The van der Waals surface area contributed by atoms with Gasteiger partial charge in [-0.2, -0.15) is 0 Å². The molecule has 0 aromatic heterocycles. The quantitative estimate of drug-likeness (QED) is 0.692. The van der Waals surface area contributed by atoms with Crippen molar-refractivity contribution < 1.29 is 10.0 Å². The highest BCUT2D eigenvalue weighted by Crippen LogP contribution is 2.08. The minimum Gasteiger partial charge on any atom is -0.289 e. The minimum atomic E-state index is -0.344. The Morgan fingerprint density at radius 1 is 1.18 bits per heavy atom. The topological polar surface area (TPSA) is 52.9 Å². The Labute approximate surface area is 128 Å². The first kappa shape index (κ1) is 14.2. The van der Waals surface area contributed by atoms with E-state index in [-0.39, 0.29) is 5.91 Å². The summed E-state index contributed by atoms with van der Waals surface area (Å²) in [5.74, 6) is -0.344. The van der Waals surface area contributed by atoms with E-state index in [1.54, 1.807) is 6.08 Å². The maximum atomic E-state index is 12.0. The summed E-state index contributed by atoms with van der Waals surface area (Å²) >= 11 is 0. The number of aryl methyl sites for hydroxylation is 1. The Morgan fingerprint density at radius 3 is 2.73 bits per heavy atom. The van der Waals surface area contributed by atoms with Crippen molar-refractivity contribution in [2.45, 2.75) is 13.5 Å².